The Kier molecular flexibility index (Phi) is 3.95. The molecule has 0 aromatic rings. The summed E-state index contributed by atoms with van der Waals surface area (Å²) in [5.74, 6) is -0.0688. The van der Waals surface area contributed by atoms with E-state index in [0.29, 0.717) is 32.1 Å². The smallest absolute Gasteiger partial charge is 0.240 e. The standard InChI is InChI=1S/C15H23N3O2/c16-11-15(5-9-20-10-6-15)14(19)17-12-4-8-18-7-2-1-3-13(12)18/h12-13H,1-10H2,(H,17,19). The molecule has 0 aromatic carbocycles. The Hall–Kier alpha value is -1.12. The van der Waals surface area contributed by atoms with E-state index >= 15 is 0 Å². The van der Waals surface area contributed by atoms with Crippen LogP contribution in [0.4, 0.5) is 0 Å². The van der Waals surface area contributed by atoms with Crippen LogP contribution < -0.4 is 5.32 Å². The van der Waals surface area contributed by atoms with E-state index in [2.05, 4.69) is 16.3 Å². The van der Waals surface area contributed by atoms with Gasteiger partial charge in [0.05, 0.1) is 6.07 Å². The third-order valence-corrected chi connectivity index (χ3v) is 5.17. The van der Waals surface area contributed by atoms with E-state index in [0.717, 1.165) is 19.5 Å². The van der Waals surface area contributed by atoms with E-state index in [4.69, 9.17) is 4.74 Å². The van der Waals surface area contributed by atoms with Gasteiger partial charge in [-0.15, -0.1) is 0 Å². The molecule has 110 valence electrons. The van der Waals surface area contributed by atoms with Crippen LogP contribution in [0.1, 0.15) is 38.5 Å². The first kappa shape index (κ1) is 13.8. The molecule has 5 heteroatoms. The van der Waals surface area contributed by atoms with Crippen LogP contribution in [-0.4, -0.2) is 49.2 Å². The van der Waals surface area contributed by atoms with Crippen molar-refractivity contribution in [2.24, 2.45) is 5.41 Å². The molecule has 3 fully saturated rings. The van der Waals surface area contributed by atoms with Crippen LogP contribution in [0.5, 0.6) is 0 Å². The van der Waals surface area contributed by atoms with Gasteiger partial charge >= 0.3 is 0 Å². The molecule has 1 N–H and O–H groups in total. The van der Waals surface area contributed by atoms with Crippen molar-refractivity contribution in [2.45, 2.75) is 50.6 Å². The second-order valence-corrected chi connectivity index (χ2v) is 6.27. The largest absolute Gasteiger partial charge is 0.381 e. The minimum Gasteiger partial charge on any atom is -0.381 e. The third kappa shape index (κ3) is 2.43. The normalized spacial score (nSPS) is 33.1. The van der Waals surface area contributed by atoms with Gasteiger partial charge in [0.2, 0.25) is 5.91 Å². The van der Waals surface area contributed by atoms with Gasteiger partial charge in [-0.05, 0) is 38.6 Å². The lowest BCUT2D eigenvalue weighted by molar-refractivity contribution is -0.133. The van der Waals surface area contributed by atoms with Crippen LogP contribution in [0.15, 0.2) is 0 Å². The van der Waals surface area contributed by atoms with Gasteiger partial charge in [-0.3, -0.25) is 9.69 Å². The zero-order valence-corrected chi connectivity index (χ0v) is 11.9. The van der Waals surface area contributed by atoms with Crippen molar-refractivity contribution in [3.8, 4) is 6.07 Å². The molecule has 20 heavy (non-hydrogen) atoms. The predicted molar refractivity (Wildman–Crippen MR) is 73.9 cm³/mol. The zero-order valence-electron chi connectivity index (χ0n) is 11.9. The first-order chi connectivity index (χ1) is 9.75. The summed E-state index contributed by atoms with van der Waals surface area (Å²) in [6.07, 6.45) is 5.77. The fourth-order valence-corrected chi connectivity index (χ4v) is 3.83. The van der Waals surface area contributed by atoms with E-state index in [1.807, 2.05) is 0 Å². The molecular formula is C15H23N3O2. The Labute approximate surface area is 120 Å². The molecule has 3 rings (SSSR count). The van der Waals surface area contributed by atoms with Gasteiger partial charge in [-0.1, -0.05) is 6.42 Å². The highest BCUT2D eigenvalue weighted by molar-refractivity contribution is 5.85. The number of carbonyl (C=O) groups excluding carboxylic acids is 1. The summed E-state index contributed by atoms with van der Waals surface area (Å²) >= 11 is 0. The van der Waals surface area contributed by atoms with E-state index in [1.165, 1.54) is 19.3 Å². The Morgan fingerprint density at radius 2 is 2.05 bits per heavy atom. The number of fused-ring (bicyclic) bond motifs is 1. The average molecular weight is 277 g/mol. The molecule has 5 nitrogen and oxygen atoms in total. The molecule has 0 aliphatic carbocycles. The van der Waals surface area contributed by atoms with E-state index in [-0.39, 0.29) is 11.9 Å². The van der Waals surface area contributed by atoms with Crippen LogP contribution in [0.2, 0.25) is 0 Å². The molecule has 0 spiro atoms. The highest BCUT2D eigenvalue weighted by Gasteiger charge is 2.44. The number of nitrogens with one attached hydrogen (secondary N) is 1. The zero-order chi connectivity index (χ0) is 14.0. The lowest BCUT2D eigenvalue weighted by atomic mass is 9.80. The maximum atomic E-state index is 12.6. The SMILES string of the molecule is N#CC1(C(=O)NC2CCN3CCCCC23)CCOCC1. The number of ether oxygens (including phenoxy) is 1. The minimum atomic E-state index is -0.861. The molecule has 0 bridgehead atoms. The summed E-state index contributed by atoms with van der Waals surface area (Å²) in [7, 11) is 0. The van der Waals surface area contributed by atoms with Gasteiger partial charge < -0.3 is 10.1 Å². The van der Waals surface area contributed by atoms with Crippen molar-refractivity contribution in [1.29, 1.82) is 5.26 Å². The Balaban J connectivity index is 1.65. The summed E-state index contributed by atoms with van der Waals surface area (Å²) in [4.78, 5) is 15.1. The molecular weight excluding hydrogens is 254 g/mol. The Bertz CT molecular complexity index is 412. The quantitative estimate of drug-likeness (QED) is 0.819. The summed E-state index contributed by atoms with van der Waals surface area (Å²) in [5, 5.41) is 12.6. The molecule has 2 atom stereocenters. The van der Waals surface area contributed by atoms with Crippen molar-refractivity contribution in [2.75, 3.05) is 26.3 Å². The maximum Gasteiger partial charge on any atom is 0.240 e. The molecule has 3 aliphatic rings. The molecule has 0 aromatic heterocycles. The lowest BCUT2D eigenvalue weighted by Gasteiger charge is -2.35. The molecule has 2 unspecified atom stereocenters. The summed E-state index contributed by atoms with van der Waals surface area (Å²) in [6.45, 7) is 3.27. The minimum absolute atomic E-state index is 0.0688. The number of rotatable bonds is 2. The predicted octanol–water partition coefficient (Wildman–Crippen LogP) is 1.05. The summed E-state index contributed by atoms with van der Waals surface area (Å²) in [5.41, 5.74) is -0.861. The first-order valence-corrected chi connectivity index (χ1v) is 7.79. The van der Waals surface area contributed by atoms with Crippen molar-refractivity contribution in [3.05, 3.63) is 0 Å². The number of piperidine rings is 1. The Morgan fingerprint density at radius 1 is 1.25 bits per heavy atom. The van der Waals surface area contributed by atoms with Crippen molar-refractivity contribution in [3.63, 3.8) is 0 Å². The third-order valence-electron chi connectivity index (χ3n) is 5.17. The van der Waals surface area contributed by atoms with E-state index < -0.39 is 5.41 Å². The van der Waals surface area contributed by atoms with Gasteiger partial charge in [0, 0.05) is 31.8 Å². The number of hydrogen-bond acceptors (Lipinski definition) is 4. The second-order valence-electron chi connectivity index (χ2n) is 6.27. The maximum absolute atomic E-state index is 12.6. The van der Waals surface area contributed by atoms with E-state index in [9.17, 15) is 10.1 Å². The molecule has 1 amide bonds. The van der Waals surface area contributed by atoms with Gasteiger partial charge in [-0.25, -0.2) is 0 Å². The lowest BCUT2D eigenvalue weighted by Crippen LogP contribution is -2.52. The highest BCUT2D eigenvalue weighted by atomic mass is 16.5. The van der Waals surface area contributed by atoms with Gasteiger partial charge in [0.1, 0.15) is 5.41 Å². The number of hydrogen-bond donors (Lipinski definition) is 1. The van der Waals surface area contributed by atoms with Gasteiger partial charge in [-0.2, -0.15) is 5.26 Å². The van der Waals surface area contributed by atoms with Crippen LogP contribution in [0, 0.1) is 16.7 Å². The second kappa shape index (κ2) is 5.71. The number of nitriles is 1. The molecule has 3 saturated heterocycles. The van der Waals surface area contributed by atoms with Crippen molar-refractivity contribution in [1.82, 2.24) is 10.2 Å². The fraction of sp³-hybridized carbons (Fsp3) is 0.867. The fourth-order valence-electron chi connectivity index (χ4n) is 3.83. The van der Waals surface area contributed by atoms with Gasteiger partial charge in [0.25, 0.3) is 0 Å². The number of nitrogens with zero attached hydrogens (tertiary/aromatic N) is 2. The molecule has 0 radical (unpaired) electrons. The summed E-state index contributed by atoms with van der Waals surface area (Å²) in [6, 6.07) is 2.98. The van der Waals surface area contributed by atoms with Crippen LogP contribution >= 0.6 is 0 Å². The highest BCUT2D eigenvalue weighted by Crippen LogP contribution is 2.32. The first-order valence-electron chi connectivity index (χ1n) is 7.79. The van der Waals surface area contributed by atoms with Crippen LogP contribution in [0.25, 0.3) is 0 Å². The van der Waals surface area contributed by atoms with Crippen LogP contribution in [-0.2, 0) is 9.53 Å². The average Bonchev–Trinajstić information content (AvgIpc) is 2.91. The van der Waals surface area contributed by atoms with E-state index in [1.54, 1.807) is 0 Å². The Morgan fingerprint density at radius 3 is 2.80 bits per heavy atom. The monoisotopic (exact) mass is 277 g/mol. The molecule has 3 heterocycles. The summed E-state index contributed by atoms with van der Waals surface area (Å²) < 4.78 is 5.29. The van der Waals surface area contributed by atoms with Gasteiger partial charge in [0.15, 0.2) is 0 Å². The molecule has 0 saturated carbocycles. The van der Waals surface area contributed by atoms with Crippen molar-refractivity contribution < 1.29 is 9.53 Å². The number of carbonyl (C=O) groups is 1. The molecule has 3 aliphatic heterocycles. The van der Waals surface area contributed by atoms with Crippen LogP contribution in [0.3, 0.4) is 0 Å². The van der Waals surface area contributed by atoms with Crippen molar-refractivity contribution >= 4 is 5.91 Å². The number of amides is 1. The topological polar surface area (TPSA) is 65.4 Å².